The molecule has 3 rings (SSSR count). The van der Waals surface area contributed by atoms with Crippen molar-refractivity contribution in [3.8, 4) is 5.88 Å². The summed E-state index contributed by atoms with van der Waals surface area (Å²) in [5.74, 6) is 2.56. The summed E-state index contributed by atoms with van der Waals surface area (Å²) in [5.41, 5.74) is 1.55. The molecule has 0 aliphatic carbocycles. The lowest BCUT2D eigenvalue weighted by molar-refractivity contribution is 0.399. The number of pyridine rings is 1. The molecule has 0 saturated carbocycles. The van der Waals surface area contributed by atoms with Crippen molar-refractivity contribution in [2.24, 2.45) is 7.05 Å². The van der Waals surface area contributed by atoms with Crippen molar-refractivity contribution in [3.63, 3.8) is 0 Å². The SMILES string of the molecule is COc1ccc2nc(CCl)n(Cc3nccn3C)c2n1. The van der Waals surface area contributed by atoms with E-state index in [-0.39, 0.29) is 0 Å². The normalized spacial score (nSPS) is 11.2. The fourth-order valence-corrected chi connectivity index (χ4v) is 2.31. The van der Waals surface area contributed by atoms with E-state index in [2.05, 4.69) is 15.0 Å². The predicted molar refractivity (Wildman–Crippen MR) is 75.9 cm³/mol. The molecule has 0 saturated heterocycles. The Morgan fingerprint density at radius 3 is 2.75 bits per heavy atom. The second-order valence-electron chi connectivity index (χ2n) is 4.40. The van der Waals surface area contributed by atoms with Crippen LogP contribution in [0.15, 0.2) is 24.5 Å². The van der Waals surface area contributed by atoms with E-state index in [1.54, 1.807) is 19.4 Å². The number of ether oxygens (including phenoxy) is 1. The van der Waals surface area contributed by atoms with Gasteiger partial charge in [0.15, 0.2) is 5.65 Å². The molecule has 6 nitrogen and oxygen atoms in total. The predicted octanol–water partition coefficient (Wildman–Crippen LogP) is 1.96. The van der Waals surface area contributed by atoms with E-state index >= 15 is 0 Å². The number of nitrogens with zero attached hydrogens (tertiary/aromatic N) is 5. The first-order chi connectivity index (χ1) is 9.72. The number of hydrogen-bond donors (Lipinski definition) is 0. The van der Waals surface area contributed by atoms with Gasteiger partial charge >= 0.3 is 0 Å². The molecule has 0 bridgehead atoms. The van der Waals surface area contributed by atoms with Crippen molar-refractivity contribution in [3.05, 3.63) is 36.2 Å². The molecule has 0 spiro atoms. The average Bonchev–Trinajstić information content (AvgIpc) is 3.03. The van der Waals surface area contributed by atoms with Crippen LogP contribution in [0.5, 0.6) is 5.88 Å². The molecule has 0 aromatic carbocycles. The van der Waals surface area contributed by atoms with Gasteiger partial charge in [-0.15, -0.1) is 11.6 Å². The minimum atomic E-state index is 0.323. The molecule has 20 heavy (non-hydrogen) atoms. The van der Waals surface area contributed by atoms with Gasteiger partial charge in [-0.1, -0.05) is 0 Å². The second kappa shape index (κ2) is 5.13. The van der Waals surface area contributed by atoms with Crippen molar-refractivity contribution in [1.82, 2.24) is 24.1 Å². The van der Waals surface area contributed by atoms with Crippen molar-refractivity contribution >= 4 is 22.8 Å². The molecule has 7 heteroatoms. The molecule has 0 fully saturated rings. The molecule has 0 radical (unpaired) electrons. The van der Waals surface area contributed by atoms with Gasteiger partial charge in [-0.3, -0.25) is 0 Å². The van der Waals surface area contributed by atoms with Crippen LogP contribution in [0.25, 0.3) is 11.2 Å². The van der Waals surface area contributed by atoms with Gasteiger partial charge in [-0.25, -0.2) is 9.97 Å². The zero-order chi connectivity index (χ0) is 14.1. The average molecular weight is 292 g/mol. The molecule has 0 aliphatic heterocycles. The summed E-state index contributed by atoms with van der Waals surface area (Å²) >= 11 is 5.99. The van der Waals surface area contributed by atoms with E-state index in [0.29, 0.717) is 18.3 Å². The van der Waals surface area contributed by atoms with E-state index in [1.807, 2.05) is 28.4 Å². The Hall–Kier alpha value is -2.08. The van der Waals surface area contributed by atoms with E-state index in [0.717, 1.165) is 22.8 Å². The Morgan fingerprint density at radius 1 is 1.25 bits per heavy atom. The highest BCUT2D eigenvalue weighted by Crippen LogP contribution is 2.20. The van der Waals surface area contributed by atoms with Gasteiger partial charge in [-0.05, 0) is 6.07 Å². The minimum Gasteiger partial charge on any atom is -0.481 e. The summed E-state index contributed by atoms with van der Waals surface area (Å²) < 4.78 is 9.10. The molecule has 0 atom stereocenters. The number of alkyl halides is 1. The van der Waals surface area contributed by atoms with E-state index < -0.39 is 0 Å². The maximum atomic E-state index is 5.99. The Bertz CT molecular complexity index is 748. The Labute approximate surface area is 121 Å². The van der Waals surface area contributed by atoms with Crippen LogP contribution in [0, 0.1) is 0 Å². The van der Waals surface area contributed by atoms with Crippen LogP contribution in [-0.2, 0) is 19.5 Å². The van der Waals surface area contributed by atoms with Crippen LogP contribution < -0.4 is 4.74 Å². The molecule has 3 aromatic heterocycles. The number of hydrogen-bond acceptors (Lipinski definition) is 4. The lowest BCUT2D eigenvalue weighted by Crippen LogP contribution is -2.09. The topological polar surface area (TPSA) is 57.8 Å². The quantitative estimate of drug-likeness (QED) is 0.690. The van der Waals surface area contributed by atoms with Gasteiger partial charge in [-0.2, -0.15) is 4.98 Å². The molecule has 0 aliphatic rings. The monoisotopic (exact) mass is 291 g/mol. The van der Waals surface area contributed by atoms with Crippen LogP contribution in [-0.4, -0.2) is 31.2 Å². The van der Waals surface area contributed by atoms with Gasteiger partial charge in [0.1, 0.15) is 17.2 Å². The first-order valence-electron chi connectivity index (χ1n) is 6.15. The third-order valence-electron chi connectivity index (χ3n) is 3.19. The number of halogens is 1. The third kappa shape index (κ3) is 2.12. The van der Waals surface area contributed by atoms with E-state index in [4.69, 9.17) is 16.3 Å². The van der Waals surface area contributed by atoms with Crippen LogP contribution in [0.3, 0.4) is 0 Å². The van der Waals surface area contributed by atoms with Gasteiger partial charge in [0.2, 0.25) is 5.88 Å². The molecule has 0 amide bonds. The highest BCUT2D eigenvalue weighted by molar-refractivity contribution is 6.16. The summed E-state index contributed by atoms with van der Waals surface area (Å²) in [6.45, 7) is 0.572. The van der Waals surface area contributed by atoms with E-state index in [1.165, 1.54) is 0 Å². The molecular formula is C13H14ClN5O. The molecule has 0 N–H and O–H groups in total. The molecule has 104 valence electrons. The van der Waals surface area contributed by atoms with Gasteiger partial charge in [0.25, 0.3) is 0 Å². The maximum absolute atomic E-state index is 5.99. The number of imidazole rings is 2. The molecular weight excluding hydrogens is 278 g/mol. The Morgan fingerprint density at radius 2 is 2.10 bits per heavy atom. The summed E-state index contributed by atoms with van der Waals surface area (Å²) in [6, 6.07) is 3.67. The first kappa shape index (κ1) is 12.9. The molecule has 3 aromatic rings. The minimum absolute atomic E-state index is 0.323. The van der Waals surface area contributed by atoms with Crippen molar-refractivity contribution in [2.45, 2.75) is 12.4 Å². The van der Waals surface area contributed by atoms with Gasteiger partial charge in [0, 0.05) is 25.5 Å². The van der Waals surface area contributed by atoms with Crippen LogP contribution in [0.4, 0.5) is 0 Å². The maximum Gasteiger partial charge on any atom is 0.215 e. The third-order valence-corrected chi connectivity index (χ3v) is 3.43. The lowest BCUT2D eigenvalue weighted by Gasteiger charge is -2.07. The Kier molecular flexibility index (Phi) is 3.31. The lowest BCUT2D eigenvalue weighted by atomic mass is 10.4. The largest absolute Gasteiger partial charge is 0.481 e. The highest BCUT2D eigenvalue weighted by atomic mass is 35.5. The van der Waals surface area contributed by atoms with Crippen molar-refractivity contribution in [1.29, 1.82) is 0 Å². The van der Waals surface area contributed by atoms with Crippen LogP contribution in [0.1, 0.15) is 11.6 Å². The number of aromatic nitrogens is 5. The first-order valence-corrected chi connectivity index (χ1v) is 6.68. The summed E-state index contributed by atoms with van der Waals surface area (Å²) in [7, 11) is 3.55. The number of fused-ring (bicyclic) bond motifs is 1. The summed E-state index contributed by atoms with van der Waals surface area (Å²) in [5, 5.41) is 0. The molecule has 0 unspecified atom stereocenters. The van der Waals surface area contributed by atoms with Gasteiger partial charge < -0.3 is 13.9 Å². The number of rotatable bonds is 4. The molecule has 3 heterocycles. The van der Waals surface area contributed by atoms with Crippen LogP contribution >= 0.6 is 11.6 Å². The van der Waals surface area contributed by atoms with Gasteiger partial charge in [0.05, 0.1) is 19.5 Å². The smallest absolute Gasteiger partial charge is 0.215 e. The second-order valence-corrected chi connectivity index (χ2v) is 4.67. The van der Waals surface area contributed by atoms with Crippen molar-refractivity contribution in [2.75, 3.05) is 7.11 Å². The summed E-state index contributed by atoms with van der Waals surface area (Å²) in [6.07, 6.45) is 3.67. The van der Waals surface area contributed by atoms with E-state index in [9.17, 15) is 0 Å². The van der Waals surface area contributed by atoms with Crippen LogP contribution in [0.2, 0.25) is 0 Å². The fraction of sp³-hybridized carbons (Fsp3) is 0.308. The van der Waals surface area contributed by atoms with Crippen molar-refractivity contribution < 1.29 is 4.74 Å². The fourth-order valence-electron chi connectivity index (χ4n) is 2.10. The number of aryl methyl sites for hydroxylation is 1. The zero-order valence-electron chi connectivity index (χ0n) is 11.2. The summed E-state index contributed by atoms with van der Waals surface area (Å²) in [4.78, 5) is 13.3. The Balaban J connectivity index is 2.13. The highest BCUT2D eigenvalue weighted by Gasteiger charge is 2.14. The zero-order valence-corrected chi connectivity index (χ0v) is 12.0. The number of methoxy groups -OCH3 is 1. The standard InChI is InChI=1S/C13H14ClN5O/c1-18-6-5-15-11(18)8-19-10(7-14)16-9-3-4-12(20-2)17-13(9)19/h3-6H,7-8H2,1-2H3.